The number of carboxylic acid groups (broad SMARTS) is 1. The molecule has 122 valence electrons. The summed E-state index contributed by atoms with van der Waals surface area (Å²) in [7, 11) is 0. The molecular weight excluding hydrogens is 272 g/mol. The van der Waals surface area contributed by atoms with Crippen LogP contribution in [0.3, 0.4) is 0 Å². The van der Waals surface area contributed by atoms with Crippen molar-refractivity contribution in [1.82, 2.24) is 0 Å². The third kappa shape index (κ3) is 18.2. The molecule has 0 aromatic rings. The van der Waals surface area contributed by atoms with Gasteiger partial charge in [-0.05, 0) is 50.7 Å². The van der Waals surface area contributed by atoms with Crippen LogP contribution in [0.2, 0.25) is 0 Å². The van der Waals surface area contributed by atoms with Gasteiger partial charge in [-0.3, -0.25) is 4.79 Å². The quantitative estimate of drug-likeness (QED) is 0.196. The van der Waals surface area contributed by atoms with Gasteiger partial charge in [0, 0.05) is 6.42 Å². The fraction of sp³-hybridized carbons (Fsp3) is 0.500. The average Bonchev–Trinajstić information content (AvgIpc) is 2.50. The molecule has 0 aromatic heterocycles. The largest absolute Gasteiger partial charge is 0.481 e. The van der Waals surface area contributed by atoms with Gasteiger partial charge in [0.15, 0.2) is 0 Å². The van der Waals surface area contributed by atoms with Crippen molar-refractivity contribution >= 4 is 5.97 Å². The Morgan fingerprint density at radius 3 is 2.45 bits per heavy atom. The van der Waals surface area contributed by atoms with Gasteiger partial charge in [-0.15, -0.1) is 5.73 Å². The van der Waals surface area contributed by atoms with Crippen molar-refractivity contribution in [2.45, 2.75) is 64.7 Å². The fourth-order valence-electron chi connectivity index (χ4n) is 1.79. The lowest BCUT2D eigenvalue weighted by molar-refractivity contribution is -0.137. The molecular formula is C20H30O2. The van der Waals surface area contributed by atoms with Crippen molar-refractivity contribution < 1.29 is 9.90 Å². The molecule has 0 radical (unpaired) electrons. The molecule has 0 bridgehead atoms. The maximum absolute atomic E-state index is 10.3. The molecule has 0 fully saturated rings. The van der Waals surface area contributed by atoms with Crippen LogP contribution in [-0.4, -0.2) is 11.1 Å². The summed E-state index contributed by atoms with van der Waals surface area (Å²) in [6, 6.07) is 0. The highest BCUT2D eigenvalue weighted by molar-refractivity contribution is 5.66. The summed E-state index contributed by atoms with van der Waals surface area (Å²) in [5.74, 6) is -0.730. The van der Waals surface area contributed by atoms with E-state index < -0.39 is 5.97 Å². The number of carboxylic acids is 1. The van der Waals surface area contributed by atoms with Crippen LogP contribution in [0.15, 0.2) is 54.3 Å². The topological polar surface area (TPSA) is 37.3 Å². The van der Waals surface area contributed by atoms with Crippen molar-refractivity contribution in [3.8, 4) is 0 Å². The lowest BCUT2D eigenvalue weighted by Gasteiger charge is -1.90. The molecule has 2 nitrogen and oxygen atoms in total. The Morgan fingerprint density at radius 2 is 1.68 bits per heavy atom. The normalized spacial score (nSPS) is 11.3. The van der Waals surface area contributed by atoms with Gasteiger partial charge in [-0.25, -0.2) is 0 Å². The van der Waals surface area contributed by atoms with Crippen LogP contribution >= 0.6 is 0 Å². The maximum Gasteiger partial charge on any atom is 0.303 e. The Labute approximate surface area is 135 Å². The summed E-state index contributed by atoms with van der Waals surface area (Å²) < 4.78 is 0. The first-order chi connectivity index (χ1) is 10.8. The molecule has 22 heavy (non-hydrogen) atoms. The van der Waals surface area contributed by atoms with E-state index in [1.54, 1.807) is 0 Å². The smallest absolute Gasteiger partial charge is 0.303 e. The second kappa shape index (κ2) is 17.3. The van der Waals surface area contributed by atoms with Gasteiger partial charge < -0.3 is 5.11 Å². The van der Waals surface area contributed by atoms with Crippen LogP contribution in [0.25, 0.3) is 0 Å². The first kappa shape index (κ1) is 20.2. The minimum Gasteiger partial charge on any atom is -0.481 e. The molecule has 0 atom stereocenters. The van der Waals surface area contributed by atoms with Crippen LogP contribution in [0.5, 0.6) is 0 Å². The third-order valence-corrected chi connectivity index (χ3v) is 3.04. The Kier molecular flexibility index (Phi) is 15.9. The van der Waals surface area contributed by atoms with Gasteiger partial charge in [0.2, 0.25) is 0 Å². The van der Waals surface area contributed by atoms with Crippen molar-refractivity contribution in [1.29, 1.82) is 0 Å². The maximum atomic E-state index is 10.3. The molecule has 0 aliphatic heterocycles. The molecule has 0 rings (SSSR count). The monoisotopic (exact) mass is 302 g/mol. The van der Waals surface area contributed by atoms with E-state index in [2.05, 4.69) is 37.0 Å². The van der Waals surface area contributed by atoms with Crippen LogP contribution in [-0.2, 0) is 4.79 Å². The highest BCUT2D eigenvalue weighted by Gasteiger charge is 1.92. The number of rotatable bonds is 13. The summed E-state index contributed by atoms with van der Waals surface area (Å²) in [5, 5.41) is 8.48. The molecule has 0 aromatic carbocycles. The van der Waals surface area contributed by atoms with Crippen molar-refractivity contribution in [3.05, 3.63) is 54.3 Å². The molecule has 0 unspecified atom stereocenters. The predicted molar refractivity (Wildman–Crippen MR) is 94.9 cm³/mol. The van der Waals surface area contributed by atoms with Crippen molar-refractivity contribution in [2.75, 3.05) is 0 Å². The second-order valence-electron chi connectivity index (χ2n) is 5.16. The van der Waals surface area contributed by atoms with Gasteiger partial charge in [0.1, 0.15) is 0 Å². The van der Waals surface area contributed by atoms with Crippen LogP contribution in [0, 0.1) is 0 Å². The molecule has 0 heterocycles. The molecule has 2 heteroatoms. The SMILES string of the molecule is CCCCC/C=C/C/C=C/CC=C=C/C=C/CCCC(=O)O. The Morgan fingerprint density at radius 1 is 0.955 bits per heavy atom. The van der Waals surface area contributed by atoms with Crippen LogP contribution < -0.4 is 0 Å². The minimum atomic E-state index is -0.730. The van der Waals surface area contributed by atoms with E-state index in [1.807, 2.05) is 24.3 Å². The Bertz CT molecular complexity index is 407. The highest BCUT2D eigenvalue weighted by atomic mass is 16.4. The van der Waals surface area contributed by atoms with E-state index in [-0.39, 0.29) is 6.42 Å². The summed E-state index contributed by atoms with van der Waals surface area (Å²) in [6.07, 6.45) is 25.3. The summed E-state index contributed by atoms with van der Waals surface area (Å²) >= 11 is 0. The van der Waals surface area contributed by atoms with Crippen molar-refractivity contribution in [2.24, 2.45) is 0 Å². The summed E-state index contributed by atoms with van der Waals surface area (Å²) in [4.78, 5) is 10.3. The second-order valence-corrected chi connectivity index (χ2v) is 5.16. The van der Waals surface area contributed by atoms with Gasteiger partial charge in [0.25, 0.3) is 0 Å². The first-order valence-electron chi connectivity index (χ1n) is 8.35. The molecule has 0 aliphatic carbocycles. The molecule has 0 amide bonds. The lowest BCUT2D eigenvalue weighted by Crippen LogP contribution is -1.92. The minimum absolute atomic E-state index is 0.238. The zero-order valence-electron chi connectivity index (χ0n) is 13.8. The molecule has 0 aliphatic rings. The van der Waals surface area contributed by atoms with E-state index in [9.17, 15) is 4.79 Å². The van der Waals surface area contributed by atoms with E-state index >= 15 is 0 Å². The zero-order valence-corrected chi connectivity index (χ0v) is 13.8. The van der Waals surface area contributed by atoms with E-state index in [1.165, 1.54) is 25.7 Å². The molecule has 0 saturated carbocycles. The average molecular weight is 302 g/mol. The Balaban J connectivity index is 3.55. The van der Waals surface area contributed by atoms with Gasteiger partial charge in [-0.2, -0.15) is 0 Å². The van der Waals surface area contributed by atoms with Gasteiger partial charge in [0.05, 0.1) is 0 Å². The van der Waals surface area contributed by atoms with E-state index in [0.29, 0.717) is 6.42 Å². The van der Waals surface area contributed by atoms with E-state index in [0.717, 1.165) is 19.3 Å². The number of aliphatic carboxylic acids is 1. The third-order valence-electron chi connectivity index (χ3n) is 3.04. The number of allylic oxidation sites excluding steroid dienone is 7. The number of carbonyl (C=O) groups is 1. The van der Waals surface area contributed by atoms with E-state index in [4.69, 9.17) is 5.11 Å². The number of hydrogen-bond acceptors (Lipinski definition) is 1. The standard InChI is InChI=1S/C20H30O2/c1-2-3-4-5-6-7-8-9-10-11-12-13-14-15-16-17-18-19-20(21)22/h6-7,9-10,12,14-16H,2-5,8,11,17-19H2,1H3,(H,21,22)/b7-6+,10-9+,16-15+. The number of hydrogen-bond donors (Lipinski definition) is 1. The fourth-order valence-corrected chi connectivity index (χ4v) is 1.79. The Hall–Kier alpha value is -1.79. The van der Waals surface area contributed by atoms with Crippen molar-refractivity contribution in [3.63, 3.8) is 0 Å². The van der Waals surface area contributed by atoms with Gasteiger partial charge >= 0.3 is 5.97 Å². The zero-order chi connectivity index (χ0) is 16.3. The lowest BCUT2D eigenvalue weighted by atomic mass is 10.2. The molecule has 0 spiro atoms. The van der Waals surface area contributed by atoms with Gasteiger partial charge in [-0.1, -0.05) is 56.2 Å². The first-order valence-corrected chi connectivity index (χ1v) is 8.35. The predicted octanol–water partition coefficient (Wildman–Crippen LogP) is 5.98. The van der Waals surface area contributed by atoms with Crippen LogP contribution in [0.4, 0.5) is 0 Å². The highest BCUT2D eigenvalue weighted by Crippen LogP contribution is 2.00. The van der Waals surface area contributed by atoms with Crippen LogP contribution in [0.1, 0.15) is 64.7 Å². The summed E-state index contributed by atoms with van der Waals surface area (Å²) in [6.45, 7) is 2.23. The number of unbranched alkanes of at least 4 members (excludes halogenated alkanes) is 4. The molecule has 1 N–H and O–H groups in total. The molecule has 0 saturated heterocycles. The summed E-state index contributed by atoms with van der Waals surface area (Å²) in [5.41, 5.74) is 3.09.